The first-order chi connectivity index (χ1) is 16.9. The Morgan fingerprint density at radius 3 is 2.03 bits per heavy atom. The van der Waals surface area contributed by atoms with Crippen molar-refractivity contribution >= 4 is 17.7 Å². The zero-order valence-electron chi connectivity index (χ0n) is 20.1. The molecule has 0 aliphatic carbocycles. The van der Waals surface area contributed by atoms with E-state index in [4.69, 9.17) is 14.2 Å². The predicted molar refractivity (Wildman–Crippen MR) is 134 cm³/mol. The Kier molecular flexibility index (Phi) is 7.67. The summed E-state index contributed by atoms with van der Waals surface area (Å²) in [5.41, 5.74) is 2.60. The highest BCUT2D eigenvalue weighted by atomic mass is 16.5. The summed E-state index contributed by atoms with van der Waals surface area (Å²) < 4.78 is 17.1. The Balaban J connectivity index is 1.61. The van der Waals surface area contributed by atoms with Crippen molar-refractivity contribution in [1.29, 1.82) is 0 Å². The average molecular weight is 475 g/mol. The molecule has 0 bridgehead atoms. The van der Waals surface area contributed by atoms with Crippen LogP contribution in [0.3, 0.4) is 0 Å². The van der Waals surface area contributed by atoms with Gasteiger partial charge in [-0.3, -0.25) is 0 Å². The van der Waals surface area contributed by atoms with Crippen molar-refractivity contribution in [2.45, 2.75) is 32.2 Å². The molecule has 1 fully saturated rings. The van der Waals surface area contributed by atoms with Gasteiger partial charge in [-0.05, 0) is 43.2 Å². The number of nitrogens with zero attached hydrogens (tertiary/aromatic N) is 1. The van der Waals surface area contributed by atoms with Crippen LogP contribution in [0.25, 0.3) is 0 Å². The number of ether oxygens (including phenoxy) is 3. The second-order valence-corrected chi connectivity index (χ2v) is 8.61. The number of rotatable bonds is 6. The highest BCUT2D eigenvalue weighted by molar-refractivity contribution is 5.96. The lowest BCUT2D eigenvalue weighted by atomic mass is 10.0. The molecule has 4 rings (SSSR count). The minimum absolute atomic E-state index is 0.0428. The van der Waals surface area contributed by atoms with E-state index in [0.29, 0.717) is 24.5 Å². The van der Waals surface area contributed by atoms with Gasteiger partial charge in [-0.2, -0.15) is 0 Å². The zero-order valence-corrected chi connectivity index (χ0v) is 20.1. The van der Waals surface area contributed by atoms with Crippen LogP contribution in [-0.4, -0.2) is 49.3 Å². The number of carbonyl (C=O) groups excluding carboxylic acids is 2. The van der Waals surface area contributed by atoms with Crippen molar-refractivity contribution in [2.24, 2.45) is 0 Å². The Morgan fingerprint density at radius 1 is 0.914 bits per heavy atom. The lowest BCUT2D eigenvalue weighted by Crippen LogP contribution is -2.49. The number of urea groups is 1. The molecular formula is C28H30N2O5. The maximum Gasteiger partial charge on any atom is 0.341 e. The molecule has 3 aromatic carbocycles. The largest absolute Gasteiger partial charge is 0.480 e. The highest BCUT2D eigenvalue weighted by Crippen LogP contribution is 2.32. The number of benzene rings is 3. The SMILES string of the molecule is COC(=O)c1cc(NC(=O)N2CC(C)OC(C)C2)ccc1OC(c1ccccc1)c1ccccc1. The van der Waals surface area contributed by atoms with Gasteiger partial charge in [-0.25, -0.2) is 9.59 Å². The lowest BCUT2D eigenvalue weighted by Gasteiger charge is -2.35. The first kappa shape index (κ1) is 24.3. The summed E-state index contributed by atoms with van der Waals surface area (Å²) in [7, 11) is 1.32. The van der Waals surface area contributed by atoms with Crippen LogP contribution in [-0.2, 0) is 9.47 Å². The summed E-state index contributed by atoms with van der Waals surface area (Å²) in [5.74, 6) is -0.189. The molecule has 1 saturated heterocycles. The first-order valence-electron chi connectivity index (χ1n) is 11.6. The van der Waals surface area contributed by atoms with Crippen LogP contribution in [0.1, 0.15) is 41.4 Å². The summed E-state index contributed by atoms with van der Waals surface area (Å²) in [5, 5.41) is 2.88. The van der Waals surface area contributed by atoms with Crippen molar-refractivity contribution in [3.63, 3.8) is 0 Å². The van der Waals surface area contributed by atoms with Gasteiger partial charge in [0.05, 0.1) is 19.3 Å². The Labute approximate surface area is 205 Å². The van der Waals surface area contributed by atoms with E-state index in [1.54, 1.807) is 23.1 Å². The fraction of sp³-hybridized carbons (Fsp3) is 0.286. The molecule has 2 unspecified atom stereocenters. The van der Waals surface area contributed by atoms with E-state index in [-0.39, 0.29) is 23.8 Å². The number of anilines is 1. The number of hydrogen-bond acceptors (Lipinski definition) is 5. The van der Waals surface area contributed by atoms with Crippen molar-refractivity contribution < 1.29 is 23.8 Å². The number of hydrogen-bond donors (Lipinski definition) is 1. The smallest absolute Gasteiger partial charge is 0.341 e. The van der Waals surface area contributed by atoms with Crippen LogP contribution in [0, 0.1) is 0 Å². The third-order valence-electron chi connectivity index (χ3n) is 5.79. The van der Waals surface area contributed by atoms with Crippen molar-refractivity contribution in [3.8, 4) is 5.75 Å². The molecule has 2 atom stereocenters. The van der Waals surface area contributed by atoms with E-state index in [1.165, 1.54) is 7.11 Å². The number of nitrogens with one attached hydrogen (secondary N) is 1. The Bertz CT molecular complexity index is 1100. The second kappa shape index (κ2) is 11.1. The van der Waals surface area contributed by atoms with Gasteiger partial charge in [0.2, 0.25) is 0 Å². The minimum Gasteiger partial charge on any atom is -0.480 e. The molecule has 2 amide bonds. The van der Waals surface area contributed by atoms with Crippen LogP contribution >= 0.6 is 0 Å². The quantitative estimate of drug-likeness (QED) is 0.492. The number of esters is 1. The van der Waals surface area contributed by atoms with E-state index < -0.39 is 12.1 Å². The van der Waals surface area contributed by atoms with E-state index in [2.05, 4.69) is 5.32 Å². The first-order valence-corrected chi connectivity index (χ1v) is 11.6. The Hall–Kier alpha value is -3.84. The summed E-state index contributed by atoms with van der Waals surface area (Å²) >= 11 is 0. The second-order valence-electron chi connectivity index (χ2n) is 8.61. The molecule has 0 spiro atoms. The zero-order chi connectivity index (χ0) is 24.8. The van der Waals surface area contributed by atoms with Crippen molar-refractivity contribution in [3.05, 3.63) is 95.6 Å². The van der Waals surface area contributed by atoms with Crippen LogP contribution < -0.4 is 10.1 Å². The third-order valence-corrected chi connectivity index (χ3v) is 5.79. The molecule has 0 aromatic heterocycles. The van der Waals surface area contributed by atoms with Crippen molar-refractivity contribution in [2.75, 3.05) is 25.5 Å². The molecule has 1 aliphatic heterocycles. The van der Waals surface area contributed by atoms with E-state index in [1.807, 2.05) is 74.5 Å². The van der Waals surface area contributed by atoms with Crippen molar-refractivity contribution in [1.82, 2.24) is 4.90 Å². The molecule has 182 valence electrons. The summed E-state index contributed by atoms with van der Waals surface area (Å²) in [4.78, 5) is 27.2. The van der Waals surface area contributed by atoms with Gasteiger partial charge in [0.1, 0.15) is 17.4 Å². The molecule has 7 heteroatoms. The fourth-order valence-corrected chi connectivity index (χ4v) is 4.24. The maximum atomic E-state index is 12.9. The Morgan fingerprint density at radius 2 is 1.49 bits per heavy atom. The summed E-state index contributed by atoms with van der Waals surface area (Å²) in [6, 6.07) is 24.3. The molecule has 1 N–H and O–H groups in total. The van der Waals surface area contributed by atoms with Gasteiger partial charge in [-0.15, -0.1) is 0 Å². The molecule has 0 radical (unpaired) electrons. The number of amides is 2. The van der Waals surface area contributed by atoms with Gasteiger partial charge in [0.15, 0.2) is 0 Å². The van der Waals surface area contributed by atoms with Crippen LogP contribution in [0.5, 0.6) is 5.75 Å². The topological polar surface area (TPSA) is 77.1 Å². The van der Waals surface area contributed by atoms with Gasteiger partial charge in [0.25, 0.3) is 0 Å². The molecule has 7 nitrogen and oxygen atoms in total. The standard InChI is InChI=1S/C28H30N2O5/c1-19-17-30(18-20(2)34-19)28(32)29-23-14-15-25(24(16-23)27(31)33-3)35-26(21-10-6-4-7-11-21)22-12-8-5-9-13-22/h4-16,19-20,26H,17-18H2,1-3H3,(H,29,32). The minimum atomic E-state index is -0.551. The monoisotopic (exact) mass is 474 g/mol. The molecule has 35 heavy (non-hydrogen) atoms. The van der Waals surface area contributed by atoms with E-state index >= 15 is 0 Å². The average Bonchev–Trinajstić information content (AvgIpc) is 2.87. The number of methoxy groups -OCH3 is 1. The molecule has 0 saturated carbocycles. The molecule has 3 aromatic rings. The van der Waals surface area contributed by atoms with Gasteiger partial charge < -0.3 is 24.4 Å². The normalized spacial score (nSPS) is 17.7. The fourth-order valence-electron chi connectivity index (χ4n) is 4.24. The van der Waals surface area contributed by atoms with Crippen LogP contribution in [0.2, 0.25) is 0 Å². The predicted octanol–water partition coefficient (Wildman–Crippen LogP) is 5.28. The summed E-state index contributed by atoms with van der Waals surface area (Å²) in [6.45, 7) is 4.87. The van der Waals surface area contributed by atoms with Crippen LogP contribution in [0.4, 0.5) is 10.5 Å². The van der Waals surface area contributed by atoms with E-state index in [9.17, 15) is 9.59 Å². The van der Waals surface area contributed by atoms with Gasteiger partial charge in [-0.1, -0.05) is 60.7 Å². The maximum absolute atomic E-state index is 12.9. The molecular weight excluding hydrogens is 444 g/mol. The number of carbonyl (C=O) groups is 2. The lowest BCUT2D eigenvalue weighted by molar-refractivity contribution is -0.0530. The van der Waals surface area contributed by atoms with Crippen LogP contribution in [0.15, 0.2) is 78.9 Å². The van der Waals surface area contributed by atoms with Gasteiger partial charge >= 0.3 is 12.0 Å². The van der Waals surface area contributed by atoms with E-state index in [0.717, 1.165) is 11.1 Å². The molecule has 1 aliphatic rings. The number of morpholine rings is 1. The summed E-state index contributed by atoms with van der Waals surface area (Å²) in [6.07, 6.45) is -0.518. The third kappa shape index (κ3) is 6.00. The molecule has 1 heterocycles. The highest BCUT2D eigenvalue weighted by Gasteiger charge is 2.27. The van der Waals surface area contributed by atoms with Gasteiger partial charge in [0, 0.05) is 18.8 Å².